The molecule has 5 nitrogen and oxygen atoms in total. The zero-order valence-electron chi connectivity index (χ0n) is 16.3. The quantitative estimate of drug-likeness (QED) is 0.618. The van der Waals surface area contributed by atoms with Crippen LogP contribution in [0.4, 0.5) is 0 Å². The number of hydrogen-bond acceptors (Lipinski definition) is 3. The number of nitrogens with one attached hydrogen (secondary N) is 2. The summed E-state index contributed by atoms with van der Waals surface area (Å²) in [6, 6.07) is 25.7. The molecule has 148 valence electrons. The van der Waals surface area contributed by atoms with Gasteiger partial charge in [-0.3, -0.25) is 9.59 Å². The molecule has 0 radical (unpaired) electrons. The van der Waals surface area contributed by atoms with E-state index in [9.17, 15) is 9.59 Å². The fourth-order valence-electron chi connectivity index (χ4n) is 2.71. The minimum Gasteiger partial charge on any atom is -0.489 e. The van der Waals surface area contributed by atoms with Crippen LogP contribution in [0, 0.1) is 0 Å². The van der Waals surface area contributed by atoms with E-state index in [1.807, 2.05) is 60.7 Å². The summed E-state index contributed by atoms with van der Waals surface area (Å²) in [4.78, 5) is 24.4. The summed E-state index contributed by atoms with van der Waals surface area (Å²) in [5.74, 6) is 0.331. The van der Waals surface area contributed by atoms with E-state index in [1.54, 1.807) is 31.2 Å². The van der Waals surface area contributed by atoms with Crippen molar-refractivity contribution in [3.63, 3.8) is 0 Å². The van der Waals surface area contributed by atoms with E-state index in [4.69, 9.17) is 4.74 Å². The first-order valence-corrected chi connectivity index (χ1v) is 9.51. The minimum atomic E-state index is -0.624. The van der Waals surface area contributed by atoms with Crippen molar-refractivity contribution in [2.45, 2.75) is 26.1 Å². The summed E-state index contributed by atoms with van der Waals surface area (Å²) in [7, 11) is 0. The maximum Gasteiger partial charge on any atom is 0.251 e. The monoisotopic (exact) mass is 388 g/mol. The Morgan fingerprint density at radius 3 is 2.07 bits per heavy atom. The van der Waals surface area contributed by atoms with Gasteiger partial charge in [-0.15, -0.1) is 0 Å². The van der Waals surface area contributed by atoms with Gasteiger partial charge in [-0.2, -0.15) is 0 Å². The lowest BCUT2D eigenvalue weighted by Gasteiger charge is -2.14. The van der Waals surface area contributed by atoms with Crippen LogP contribution in [0.15, 0.2) is 84.9 Å². The maximum atomic E-state index is 12.3. The molecule has 3 aromatic carbocycles. The number of rotatable bonds is 8. The molecule has 0 aliphatic rings. The van der Waals surface area contributed by atoms with E-state index >= 15 is 0 Å². The number of hydrogen-bond donors (Lipinski definition) is 2. The molecule has 29 heavy (non-hydrogen) atoms. The Morgan fingerprint density at radius 1 is 0.828 bits per heavy atom. The second kappa shape index (κ2) is 10.1. The normalized spacial score (nSPS) is 11.3. The van der Waals surface area contributed by atoms with Gasteiger partial charge in [-0.05, 0) is 42.3 Å². The topological polar surface area (TPSA) is 67.4 Å². The standard InChI is InChI=1S/C24H24N2O3/c1-18(26-24(28)21-8-4-2-5-9-21)23(27)25-16-19-12-14-20(15-13-19)17-29-22-10-6-3-7-11-22/h2-15,18H,16-17H2,1H3,(H,25,27)(H,26,28)/t18-/m0/s1. The van der Waals surface area contributed by atoms with Crippen molar-refractivity contribution in [1.29, 1.82) is 0 Å². The van der Waals surface area contributed by atoms with Crippen molar-refractivity contribution in [1.82, 2.24) is 10.6 Å². The Balaban J connectivity index is 1.44. The zero-order chi connectivity index (χ0) is 20.5. The summed E-state index contributed by atoms with van der Waals surface area (Å²) >= 11 is 0. The van der Waals surface area contributed by atoms with Crippen LogP contribution in [-0.4, -0.2) is 17.9 Å². The number of carbonyl (C=O) groups is 2. The first-order chi connectivity index (χ1) is 14.1. The van der Waals surface area contributed by atoms with Crippen molar-refractivity contribution >= 4 is 11.8 Å². The third-order valence-corrected chi connectivity index (χ3v) is 4.42. The van der Waals surface area contributed by atoms with E-state index in [2.05, 4.69) is 10.6 Å². The lowest BCUT2D eigenvalue weighted by molar-refractivity contribution is -0.122. The molecule has 1 atom stereocenters. The highest BCUT2D eigenvalue weighted by molar-refractivity contribution is 5.97. The highest BCUT2D eigenvalue weighted by Crippen LogP contribution is 2.12. The smallest absolute Gasteiger partial charge is 0.251 e. The molecule has 0 aromatic heterocycles. The fraction of sp³-hybridized carbons (Fsp3) is 0.167. The molecule has 0 saturated heterocycles. The molecule has 0 saturated carbocycles. The van der Waals surface area contributed by atoms with Crippen molar-refractivity contribution in [3.05, 3.63) is 102 Å². The number of para-hydroxylation sites is 1. The van der Waals surface area contributed by atoms with E-state index in [0.717, 1.165) is 16.9 Å². The summed E-state index contributed by atoms with van der Waals surface area (Å²) in [6.45, 7) is 2.55. The van der Waals surface area contributed by atoms with Crippen LogP contribution in [0.25, 0.3) is 0 Å². The van der Waals surface area contributed by atoms with Crippen LogP contribution < -0.4 is 15.4 Å². The van der Waals surface area contributed by atoms with Crippen LogP contribution in [0.2, 0.25) is 0 Å². The molecule has 0 fully saturated rings. The molecule has 0 bridgehead atoms. The molecule has 0 aliphatic carbocycles. The Kier molecular flexibility index (Phi) is 7.00. The third-order valence-electron chi connectivity index (χ3n) is 4.42. The van der Waals surface area contributed by atoms with E-state index in [0.29, 0.717) is 18.7 Å². The molecule has 0 aliphatic heterocycles. The van der Waals surface area contributed by atoms with Crippen LogP contribution in [-0.2, 0) is 17.9 Å². The van der Waals surface area contributed by atoms with Gasteiger partial charge >= 0.3 is 0 Å². The molecule has 0 unspecified atom stereocenters. The zero-order valence-corrected chi connectivity index (χ0v) is 16.3. The second-order valence-electron chi connectivity index (χ2n) is 6.70. The summed E-state index contributed by atoms with van der Waals surface area (Å²) in [6.07, 6.45) is 0. The number of carbonyl (C=O) groups excluding carboxylic acids is 2. The van der Waals surface area contributed by atoms with Crippen molar-refractivity contribution in [2.75, 3.05) is 0 Å². The predicted octanol–water partition coefficient (Wildman–Crippen LogP) is 3.70. The minimum absolute atomic E-state index is 0.231. The molecule has 2 amide bonds. The summed E-state index contributed by atoms with van der Waals surface area (Å²) in [5.41, 5.74) is 2.55. The van der Waals surface area contributed by atoms with Gasteiger partial charge in [-0.1, -0.05) is 60.7 Å². The average molecular weight is 388 g/mol. The Hall–Kier alpha value is -3.60. The van der Waals surface area contributed by atoms with Crippen molar-refractivity contribution in [3.8, 4) is 5.75 Å². The van der Waals surface area contributed by atoms with Crippen LogP contribution in [0.3, 0.4) is 0 Å². The fourth-order valence-corrected chi connectivity index (χ4v) is 2.71. The first kappa shape index (κ1) is 20.1. The summed E-state index contributed by atoms with van der Waals surface area (Å²) in [5, 5.41) is 5.55. The van der Waals surface area contributed by atoms with Crippen LogP contribution >= 0.6 is 0 Å². The predicted molar refractivity (Wildman–Crippen MR) is 112 cm³/mol. The lowest BCUT2D eigenvalue weighted by atomic mass is 10.1. The van der Waals surface area contributed by atoms with Gasteiger partial charge in [0.25, 0.3) is 5.91 Å². The molecular weight excluding hydrogens is 364 g/mol. The number of amides is 2. The van der Waals surface area contributed by atoms with Crippen molar-refractivity contribution < 1.29 is 14.3 Å². The molecule has 5 heteroatoms. The van der Waals surface area contributed by atoms with Gasteiger partial charge < -0.3 is 15.4 Å². The largest absolute Gasteiger partial charge is 0.489 e. The van der Waals surface area contributed by atoms with Gasteiger partial charge in [-0.25, -0.2) is 0 Å². The van der Waals surface area contributed by atoms with E-state index in [-0.39, 0.29) is 11.8 Å². The van der Waals surface area contributed by atoms with Crippen LogP contribution in [0.1, 0.15) is 28.4 Å². The highest BCUT2D eigenvalue weighted by Gasteiger charge is 2.16. The Labute approximate surface area is 170 Å². The van der Waals surface area contributed by atoms with Gasteiger partial charge in [0.2, 0.25) is 5.91 Å². The second-order valence-corrected chi connectivity index (χ2v) is 6.70. The van der Waals surface area contributed by atoms with Crippen LogP contribution in [0.5, 0.6) is 5.75 Å². The Morgan fingerprint density at radius 2 is 1.41 bits per heavy atom. The SMILES string of the molecule is C[C@H](NC(=O)c1ccccc1)C(=O)NCc1ccc(COc2ccccc2)cc1. The van der Waals surface area contributed by atoms with Crippen molar-refractivity contribution in [2.24, 2.45) is 0 Å². The molecular formula is C24H24N2O3. The van der Waals surface area contributed by atoms with Gasteiger partial charge in [0.05, 0.1) is 0 Å². The number of benzene rings is 3. The molecule has 0 spiro atoms. The van der Waals surface area contributed by atoms with E-state index in [1.165, 1.54) is 0 Å². The molecule has 0 heterocycles. The van der Waals surface area contributed by atoms with E-state index < -0.39 is 6.04 Å². The average Bonchev–Trinajstić information content (AvgIpc) is 2.78. The first-order valence-electron chi connectivity index (χ1n) is 9.51. The Bertz CT molecular complexity index is 925. The maximum absolute atomic E-state index is 12.3. The molecule has 3 rings (SSSR count). The highest BCUT2D eigenvalue weighted by atomic mass is 16.5. The van der Waals surface area contributed by atoms with Gasteiger partial charge in [0.1, 0.15) is 18.4 Å². The van der Waals surface area contributed by atoms with Gasteiger partial charge in [0, 0.05) is 12.1 Å². The molecule has 3 aromatic rings. The lowest BCUT2D eigenvalue weighted by Crippen LogP contribution is -2.44. The third kappa shape index (κ3) is 6.21. The summed E-state index contributed by atoms with van der Waals surface area (Å²) < 4.78 is 5.73. The molecule has 2 N–H and O–H groups in total. The van der Waals surface area contributed by atoms with Gasteiger partial charge in [0.15, 0.2) is 0 Å². The number of ether oxygens (including phenoxy) is 1.